The highest BCUT2D eigenvalue weighted by atomic mass is 79.9. The third kappa shape index (κ3) is 3.97. The second kappa shape index (κ2) is 9.53. The highest BCUT2D eigenvalue weighted by molar-refractivity contribution is 9.10. The number of esters is 2. The van der Waals surface area contributed by atoms with E-state index < -0.39 is 29.8 Å². The molecule has 0 bridgehead atoms. The molecule has 0 saturated carbocycles. The van der Waals surface area contributed by atoms with Crippen LogP contribution in [-0.4, -0.2) is 43.0 Å². The van der Waals surface area contributed by atoms with E-state index in [9.17, 15) is 19.6 Å². The fourth-order valence-electron chi connectivity index (χ4n) is 4.30. The van der Waals surface area contributed by atoms with Crippen LogP contribution < -0.4 is 5.32 Å². The molecule has 1 N–H and O–H groups in total. The molecule has 9 heteroatoms. The molecule has 2 heterocycles. The smallest absolute Gasteiger partial charge is 0.355 e. The Bertz CT molecular complexity index is 1260. The zero-order chi connectivity index (χ0) is 24.4. The first-order chi connectivity index (χ1) is 16.4. The molecule has 2 atom stereocenters. The van der Waals surface area contributed by atoms with Crippen LogP contribution in [0.25, 0.3) is 0 Å². The van der Waals surface area contributed by atoms with Crippen LogP contribution in [0.4, 0.5) is 0 Å². The average Bonchev–Trinajstić information content (AvgIpc) is 3.18. The third-order valence-corrected chi connectivity index (χ3v) is 6.33. The number of ether oxygens (including phenoxy) is 2. The van der Waals surface area contributed by atoms with E-state index in [4.69, 9.17) is 9.47 Å². The summed E-state index contributed by atoms with van der Waals surface area (Å²) in [6, 6.07) is 17.5. The van der Waals surface area contributed by atoms with Gasteiger partial charge < -0.3 is 19.7 Å². The van der Waals surface area contributed by atoms with Gasteiger partial charge in [-0.15, -0.1) is 0 Å². The quantitative estimate of drug-likeness (QED) is 0.602. The van der Waals surface area contributed by atoms with Gasteiger partial charge in [0.05, 0.1) is 37.4 Å². The van der Waals surface area contributed by atoms with Crippen molar-refractivity contribution >= 4 is 33.8 Å². The van der Waals surface area contributed by atoms with Crippen LogP contribution in [0, 0.1) is 11.3 Å². The number of nitriles is 1. The average molecular weight is 522 g/mol. The lowest BCUT2D eigenvalue weighted by Crippen LogP contribution is -2.42. The fraction of sp³-hybridized carbons (Fsp3) is 0.200. The normalized spacial score (nSPS) is 19.4. The highest BCUT2D eigenvalue weighted by Gasteiger charge is 2.50. The SMILES string of the molecule is COC(=O)C1=C(C(=O)OC)N2C(=C(C#N)C1c1ccc(Br)cc1)NC(=O)C2Cc1ccccc1. The number of rotatable bonds is 5. The maximum Gasteiger partial charge on any atom is 0.355 e. The number of nitrogens with zero attached hydrogens (tertiary/aromatic N) is 2. The Hall–Kier alpha value is -3.90. The molecule has 1 saturated heterocycles. The number of amides is 1. The van der Waals surface area contributed by atoms with E-state index in [0.29, 0.717) is 5.56 Å². The van der Waals surface area contributed by atoms with Crippen molar-refractivity contribution in [3.63, 3.8) is 0 Å². The minimum absolute atomic E-state index is 0.0634. The van der Waals surface area contributed by atoms with E-state index in [1.807, 2.05) is 30.3 Å². The van der Waals surface area contributed by atoms with Crippen molar-refractivity contribution in [3.05, 3.63) is 92.9 Å². The summed E-state index contributed by atoms with van der Waals surface area (Å²) in [5.74, 6) is -2.78. The van der Waals surface area contributed by atoms with Gasteiger partial charge in [0.15, 0.2) is 0 Å². The first-order valence-corrected chi connectivity index (χ1v) is 11.1. The molecule has 2 aromatic rings. The van der Waals surface area contributed by atoms with E-state index in [-0.39, 0.29) is 29.1 Å². The number of allylic oxidation sites excluding steroid dienone is 1. The lowest BCUT2D eigenvalue weighted by Gasteiger charge is -2.35. The molecule has 2 aliphatic rings. The number of benzene rings is 2. The van der Waals surface area contributed by atoms with Crippen LogP contribution in [0.1, 0.15) is 17.0 Å². The molecule has 1 fully saturated rings. The highest BCUT2D eigenvalue weighted by Crippen LogP contribution is 2.45. The second-order valence-electron chi connectivity index (χ2n) is 7.67. The lowest BCUT2D eigenvalue weighted by atomic mass is 9.81. The summed E-state index contributed by atoms with van der Waals surface area (Å²) in [5, 5.41) is 12.9. The first kappa shape index (κ1) is 23.3. The van der Waals surface area contributed by atoms with Crippen LogP contribution in [0.2, 0.25) is 0 Å². The summed E-state index contributed by atoms with van der Waals surface area (Å²) in [4.78, 5) is 40.7. The van der Waals surface area contributed by atoms with Gasteiger partial charge >= 0.3 is 11.9 Å². The van der Waals surface area contributed by atoms with Gasteiger partial charge in [0, 0.05) is 10.9 Å². The number of fused-ring (bicyclic) bond motifs is 1. The third-order valence-electron chi connectivity index (χ3n) is 5.81. The van der Waals surface area contributed by atoms with E-state index in [2.05, 4.69) is 27.3 Å². The molecule has 2 unspecified atom stereocenters. The van der Waals surface area contributed by atoms with Gasteiger partial charge in [0.2, 0.25) is 5.91 Å². The molecule has 0 aliphatic carbocycles. The number of hydrogen-bond acceptors (Lipinski definition) is 7. The number of hydrogen-bond donors (Lipinski definition) is 1. The maximum atomic E-state index is 13.1. The van der Waals surface area contributed by atoms with E-state index in [1.54, 1.807) is 24.3 Å². The van der Waals surface area contributed by atoms with Crippen LogP contribution in [0.5, 0.6) is 0 Å². The van der Waals surface area contributed by atoms with E-state index >= 15 is 0 Å². The largest absolute Gasteiger partial charge is 0.466 e. The van der Waals surface area contributed by atoms with Gasteiger partial charge in [-0.25, -0.2) is 9.59 Å². The van der Waals surface area contributed by atoms with Gasteiger partial charge in [-0.3, -0.25) is 4.79 Å². The van der Waals surface area contributed by atoms with Crippen LogP contribution in [0.3, 0.4) is 0 Å². The molecule has 0 aromatic heterocycles. The molecule has 8 nitrogen and oxygen atoms in total. The van der Waals surface area contributed by atoms with Crippen molar-refractivity contribution in [1.29, 1.82) is 5.26 Å². The Morgan fingerprint density at radius 2 is 1.71 bits per heavy atom. The Morgan fingerprint density at radius 1 is 1.06 bits per heavy atom. The first-order valence-electron chi connectivity index (χ1n) is 10.4. The van der Waals surface area contributed by atoms with Gasteiger partial charge in [-0.05, 0) is 23.3 Å². The molecule has 2 aromatic carbocycles. The number of methoxy groups -OCH3 is 2. The Balaban J connectivity index is 1.98. The molecule has 0 radical (unpaired) electrons. The van der Waals surface area contributed by atoms with Gasteiger partial charge in [-0.2, -0.15) is 5.26 Å². The number of halogens is 1. The van der Waals surface area contributed by atoms with Gasteiger partial charge in [0.25, 0.3) is 0 Å². The monoisotopic (exact) mass is 521 g/mol. The summed E-state index contributed by atoms with van der Waals surface area (Å²) in [5.41, 5.74) is 1.36. The molecular weight excluding hydrogens is 502 g/mol. The van der Waals surface area contributed by atoms with Gasteiger partial charge in [0.1, 0.15) is 17.6 Å². The Morgan fingerprint density at radius 3 is 2.29 bits per heavy atom. The standard InChI is InChI=1S/C25H20BrN3O5/c1-33-24(31)20-19(15-8-10-16(26)11-9-15)17(13-27)22-28-23(30)18(12-14-6-4-3-5-7-14)29(22)21(20)25(32)34-2/h3-11,18-19H,12H2,1-2H3,(H,28,30). The molecule has 4 rings (SSSR count). The summed E-state index contributed by atoms with van der Waals surface area (Å²) in [6.45, 7) is 0. The Kier molecular flexibility index (Phi) is 6.52. The zero-order valence-electron chi connectivity index (χ0n) is 18.4. The number of carbonyl (C=O) groups excluding carboxylic acids is 3. The van der Waals surface area contributed by atoms with Crippen molar-refractivity contribution in [3.8, 4) is 6.07 Å². The maximum absolute atomic E-state index is 13.1. The summed E-state index contributed by atoms with van der Waals surface area (Å²) >= 11 is 3.38. The molecular formula is C25H20BrN3O5. The van der Waals surface area contributed by atoms with E-state index in [1.165, 1.54) is 19.1 Å². The predicted octanol–water partition coefficient (Wildman–Crippen LogP) is 2.92. The summed E-state index contributed by atoms with van der Waals surface area (Å²) < 4.78 is 10.9. The number of nitrogens with one attached hydrogen (secondary N) is 1. The molecule has 0 spiro atoms. The molecule has 34 heavy (non-hydrogen) atoms. The number of carbonyl (C=O) groups is 3. The fourth-order valence-corrected chi connectivity index (χ4v) is 4.57. The minimum Gasteiger partial charge on any atom is -0.466 e. The van der Waals surface area contributed by atoms with Crippen LogP contribution >= 0.6 is 15.9 Å². The zero-order valence-corrected chi connectivity index (χ0v) is 20.0. The van der Waals surface area contributed by atoms with Gasteiger partial charge in [-0.1, -0.05) is 58.4 Å². The van der Waals surface area contributed by atoms with Crippen LogP contribution in [0.15, 0.2) is 81.7 Å². The van der Waals surface area contributed by atoms with Crippen molar-refractivity contribution in [2.45, 2.75) is 18.4 Å². The van der Waals surface area contributed by atoms with Crippen LogP contribution in [-0.2, 0) is 30.3 Å². The lowest BCUT2D eigenvalue weighted by molar-refractivity contribution is -0.141. The topological polar surface area (TPSA) is 109 Å². The Labute approximate surface area is 204 Å². The summed E-state index contributed by atoms with van der Waals surface area (Å²) in [7, 11) is 2.39. The molecule has 2 aliphatic heterocycles. The van der Waals surface area contributed by atoms with Crippen molar-refractivity contribution in [1.82, 2.24) is 10.2 Å². The molecule has 172 valence electrons. The van der Waals surface area contributed by atoms with E-state index in [0.717, 1.165) is 10.0 Å². The molecule has 1 amide bonds. The minimum atomic E-state index is -0.943. The van der Waals surface area contributed by atoms with Crippen molar-refractivity contribution in [2.75, 3.05) is 14.2 Å². The van der Waals surface area contributed by atoms with Crippen molar-refractivity contribution < 1.29 is 23.9 Å². The summed E-state index contributed by atoms with van der Waals surface area (Å²) in [6.07, 6.45) is 0.243. The second-order valence-corrected chi connectivity index (χ2v) is 8.58. The van der Waals surface area contributed by atoms with Crippen molar-refractivity contribution in [2.24, 2.45) is 0 Å². The predicted molar refractivity (Wildman–Crippen MR) is 124 cm³/mol.